The molecule has 1 aliphatic rings. The molecule has 1 N–H and O–H groups in total. The summed E-state index contributed by atoms with van der Waals surface area (Å²) in [7, 11) is 0. The number of para-hydroxylation sites is 1. The number of pyridine rings is 1. The monoisotopic (exact) mass is 440 g/mol. The third-order valence-corrected chi connectivity index (χ3v) is 5.23. The maximum Gasteiger partial charge on any atom is 0.307 e. The molecule has 0 aliphatic heterocycles. The summed E-state index contributed by atoms with van der Waals surface area (Å²) < 4.78 is 6.94. The number of aryl methyl sites for hydroxylation is 1. The summed E-state index contributed by atoms with van der Waals surface area (Å²) in [6, 6.07) is 10.5. The Balaban J connectivity index is 1.40. The highest BCUT2D eigenvalue weighted by molar-refractivity contribution is 6.30. The van der Waals surface area contributed by atoms with E-state index >= 15 is 0 Å². The van der Waals surface area contributed by atoms with Crippen molar-refractivity contribution in [1.82, 2.24) is 14.5 Å². The van der Waals surface area contributed by atoms with Crippen molar-refractivity contribution in [2.45, 2.75) is 44.8 Å². The Morgan fingerprint density at radius 3 is 2.74 bits per heavy atom. The molecule has 3 aromatic rings. The molecule has 0 spiro atoms. The van der Waals surface area contributed by atoms with Gasteiger partial charge in [-0.15, -0.1) is 0 Å². The summed E-state index contributed by atoms with van der Waals surface area (Å²) in [4.78, 5) is 46.0. The van der Waals surface area contributed by atoms with Crippen molar-refractivity contribution in [2.75, 3.05) is 5.32 Å². The van der Waals surface area contributed by atoms with Crippen LogP contribution in [0.1, 0.15) is 38.1 Å². The third-order valence-electron chi connectivity index (χ3n) is 5.00. The molecule has 0 saturated heterocycles. The Morgan fingerprint density at radius 2 is 2.03 bits per heavy atom. The van der Waals surface area contributed by atoms with E-state index in [2.05, 4.69) is 15.3 Å². The molecular formula is C22H21ClN4O4. The van der Waals surface area contributed by atoms with Gasteiger partial charge in [-0.3, -0.25) is 19.0 Å². The average Bonchev–Trinajstić information content (AvgIpc) is 3.59. The number of aromatic nitrogens is 3. The van der Waals surface area contributed by atoms with E-state index in [1.165, 1.54) is 13.1 Å². The summed E-state index contributed by atoms with van der Waals surface area (Å²) in [5, 5.41) is 3.58. The van der Waals surface area contributed by atoms with Crippen LogP contribution in [0.4, 0.5) is 5.82 Å². The molecule has 2 aromatic heterocycles. The van der Waals surface area contributed by atoms with E-state index in [1.54, 1.807) is 28.8 Å². The topological polar surface area (TPSA) is 103 Å². The van der Waals surface area contributed by atoms with Crippen LogP contribution in [-0.4, -0.2) is 32.5 Å². The van der Waals surface area contributed by atoms with Crippen LogP contribution in [0.2, 0.25) is 5.02 Å². The second kappa shape index (κ2) is 8.85. The van der Waals surface area contributed by atoms with Crippen LogP contribution in [0.3, 0.4) is 0 Å². The lowest BCUT2D eigenvalue weighted by Crippen LogP contribution is -2.30. The number of carbonyl (C=O) groups is 2. The highest BCUT2D eigenvalue weighted by Gasteiger charge is 2.28. The molecule has 160 valence electrons. The van der Waals surface area contributed by atoms with Gasteiger partial charge in [0.2, 0.25) is 0 Å². The number of carbonyl (C=O) groups excluding carboxylic acids is 2. The van der Waals surface area contributed by atoms with Crippen LogP contribution < -0.4 is 10.9 Å². The molecule has 1 fully saturated rings. The summed E-state index contributed by atoms with van der Waals surface area (Å²) >= 11 is 5.77. The standard InChI is InChI=1S/C22H21ClN4O4/c1-13(21(29)26-18-9-6-14(23)12-24-18)31-20(28)11-10-19-25-17-5-3-2-4-16(17)22(30)27(19)15-7-8-15/h2-6,9,12-13,15H,7-8,10-11H2,1H3,(H,24,26,29). The van der Waals surface area contributed by atoms with Gasteiger partial charge in [0.05, 0.1) is 22.3 Å². The lowest BCUT2D eigenvalue weighted by atomic mass is 10.2. The third kappa shape index (κ3) is 4.91. The fourth-order valence-electron chi connectivity index (χ4n) is 3.28. The first-order valence-corrected chi connectivity index (χ1v) is 10.4. The first-order chi connectivity index (χ1) is 14.9. The number of hydrogen-bond donors (Lipinski definition) is 1. The molecule has 1 atom stereocenters. The Kier molecular flexibility index (Phi) is 5.99. The van der Waals surface area contributed by atoms with Crippen molar-refractivity contribution in [3.8, 4) is 0 Å². The predicted octanol–water partition coefficient (Wildman–Crippen LogP) is 3.28. The van der Waals surface area contributed by atoms with E-state index in [0.717, 1.165) is 12.8 Å². The van der Waals surface area contributed by atoms with Crippen LogP contribution in [0.25, 0.3) is 10.9 Å². The van der Waals surface area contributed by atoms with Crippen molar-refractivity contribution in [2.24, 2.45) is 0 Å². The lowest BCUT2D eigenvalue weighted by Gasteiger charge is -2.15. The molecule has 4 rings (SSSR count). The molecule has 0 bridgehead atoms. The number of esters is 1. The molecule has 1 unspecified atom stereocenters. The second-order valence-electron chi connectivity index (χ2n) is 7.43. The Hall–Kier alpha value is -3.26. The number of amides is 1. The molecule has 9 heteroatoms. The number of hydrogen-bond acceptors (Lipinski definition) is 6. The van der Waals surface area contributed by atoms with Crippen LogP contribution in [-0.2, 0) is 20.7 Å². The summed E-state index contributed by atoms with van der Waals surface area (Å²) in [6.07, 6.45) is 2.52. The van der Waals surface area contributed by atoms with Gasteiger partial charge < -0.3 is 10.1 Å². The summed E-state index contributed by atoms with van der Waals surface area (Å²) in [5.41, 5.74) is 0.524. The molecule has 2 heterocycles. The highest BCUT2D eigenvalue weighted by Crippen LogP contribution is 2.34. The average molecular weight is 441 g/mol. The predicted molar refractivity (Wildman–Crippen MR) is 116 cm³/mol. The van der Waals surface area contributed by atoms with Crippen molar-refractivity contribution in [3.05, 3.63) is 63.8 Å². The SMILES string of the molecule is CC(OC(=O)CCc1nc2ccccc2c(=O)n1C1CC1)C(=O)Nc1ccc(Cl)cn1. The molecule has 0 radical (unpaired) electrons. The normalized spacial score (nSPS) is 14.3. The zero-order chi connectivity index (χ0) is 22.0. The quantitative estimate of drug-likeness (QED) is 0.565. The summed E-state index contributed by atoms with van der Waals surface area (Å²) in [5.74, 6) is -0.171. The van der Waals surface area contributed by atoms with Crippen LogP contribution in [0.15, 0.2) is 47.4 Å². The van der Waals surface area contributed by atoms with Crippen LogP contribution in [0, 0.1) is 0 Å². The number of rotatable bonds is 7. The Labute approximate surface area is 183 Å². The lowest BCUT2D eigenvalue weighted by molar-refractivity contribution is -0.153. The fourth-order valence-corrected chi connectivity index (χ4v) is 3.39. The van der Waals surface area contributed by atoms with E-state index in [1.807, 2.05) is 12.1 Å². The fraction of sp³-hybridized carbons (Fsp3) is 0.318. The summed E-state index contributed by atoms with van der Waals surface area (Å²) in [6.45, 7) is 1.48. The molecular weight excluding hydrogens is 420 g/mol. The van der Waals surface area contributed by atoms with Crippen molar-refractivity contribution < 1.29 is 14.3 Å². The maximum atomic E-state index is 12.9. The maximum absolute atomic E-state index is 12.9. The zero-order valence-corrected chi connectivity index (χ0v) is 17.6. The van der Waals surface area contributed by atoms with Gasteiger partial charge in [-0.1, -0.05) is 23.7 Å². The first kappa shape index (κ1) is 21.0. The molecule has 8 nitrogen and oxygen atoms in total. The van der Waals surface area contributed by atoms with Gasteiger partial charge in [0.15, 0.2) is 6.10 Å². The van der Waals surface area contributed by atoms with E-state index < -0.39 is 18.0 Å². The van der Waals surface area contributed by atoms with Crippen LogP contribution >= 0.6 is 11.6 Å². The number of halogens is 1. The number of benzene rings is 1. The van der Waals surface area contributed by atoms with E-state index in [4.69, 9.17) is 16.3 Å². The minimum Gasteiger partial charge on any atom is -0.453 e. The van der Waals surface area contributed by atoms with E-state index in [9.17, 15) is 14.4 Å². The minimum absolute atomic E-state index is 0.00825. The number of fused-ring (bicyclic) bond motifs is 1. The van der Waals surface area contributed by atoms with Crippen LogP contribution in [0.5, 0.6) is 0 Å². The van der Waals surface area contributed by atoms with E-state index in [0.29, 0.717) is 27.6 Å². The molecule has 31 heavy (non-hydrogen) atoms. The zero-order valence-electron chi connectivity index (χ0n) is 16.9. The van der Waals surface area contributed by atoms with Gasteiger partial charge in [0, 0.05) is 18.7 Å². The molecule has 1 saturated carbocycles. The largest absolute Gasteiger partial charge is 0.453 e. The number of anilines is 1. The van der Waals surface area contributed by atoms with Gasteiger partial charge in [0.1, 0.15) is 11.6 Å². The smallest absolute Gasteiger partial charge is 0.307 e. The van der Waals surface area contributed by atoms with Crippen molar-refractivity contribution >= 4 is 40.2 Å². The minimum atomic E-state index is -1.000. The van der Waals surface area contributed by atoms with Gasteiger partial charge in [-0.05, 0) is 44.0 Å². The van der Waals surface area contributed by atoms with Gasteiger partial charge in [-0.2, -0.15) is 0 Å². The first-order valence-electron chi connectivity index (χ1n) is 10.0. The Bertz CT molecular complexity index is 1190. The molecule has 1 aliphatic carbocycles. The number of nitrogens with zero attached hydrogens (tertiary/aromatic N) is 3. The second-order valence-corrected chi connectivity index (χ2v) is 7.87. The van der Waals surface area contributed by atoms with Crippen molar-refractivity contribution in [1.29, 1.82) is 0 Å². The number of nitrogens with one attached hydrogen (secondary N) is 1. The molecule has 1 amide bonds. The van der Waals surface area contributed by atoms with Gasteiger partial charge in [-0.25, -0.2) is 9.97 Å². The van der Waals surface area contributed by atoms with Crippen molar-refractivity contribution in [3.63, 3.8) is 0 Å². The van der Waals surface area contributed by atoms with Gasteiger partial charge in [0.25, 0.3) is 11.5 Å². The number of ether oxygens (including phenoxy) is 1. The van der Waals surface area contributed by atoms with E-state index in [-0.39, 0.29) is 24.4 Å². The molecule has 1 aromatic carbocycles. The van der Waals surface area contributed by atoms with Gasteiger partial charge >= 0.3 is 5.97 Å². The Morgan fingerprint density at radius 1 is 1.26 bits per heavy atom. The highest BCUT2D eigenvalue weighted by atomic mass is 35.5.